The van der Waals surface area contributed by atoms with Crippen molar-refractivity contribution < 1.29 is 8.78 Å². The van der Waals surface area contributed by atoms with Crippen LogP contribution in [-0.2, 0) is 0 Å². The van der Waals surface area contributed by atoms with Gasteiger partial charge in [-0.1, -0.05) is 6.07 Å². The summed E-state index contributed by atoms with van der Waals surface area (Å²) in [6.45, 7) is 0.568. The zero-order chi connectivity index (χ0) is 10.9. The molecule has 2 nitrogen and oxygen atoms in total. The predicted octanol–water partition coefficient (Wildman–Crippen LogP) is 3.30. The second-order valence-electron chi connectivity index (χ2n) is 3.86. The van der Waals surface area contributed by atoms with Gasteiger partial charge in [-0.15, -0.1) is 0 Å². The molecule has 5 heteroatoms. The summed E-state index contributed by atoms with van der Waals surface area (Å²) in [7, 11) is 0. The van der Waals surface area contributed by atoms with Gasteiger partial charge in [0.15, 0.2) is 0 Å². The SMILES string of the molecule is FC1(F)CC(CNc2cccc(Br)n2)C1. The van der Waals surface area contributed by atoms with Crippen molar-refractivity contribution in [2.75, 3.05) is 11.9 Å². The number of aromatic nitrogens is 1. The Kier molecular flexibility index (Phi) is 2.91. The summed E-state index contributed by atoms with van der Waals surface area (Å²) in [5.74, 6) is -1.64. The number of rotatable bonds is 3. The van der Waals surface area contributed by atoms with Crippen LogP contribution in [0.25, 0.3) is 0 Å². The van der Waals surface area contributed by atoms with Crippen molar-refractivity contribution >= 4 is 21.7 Å². The zero-order valence-electron chi connectivity index (χ0n) is 8.01. The molecular weight excluding hydrogens is 266 g/mol. The zero-order valence-corrected chi connectivity index (χ0v) is 9.60. The van der Waals surface area contributed by atoms with Gasteiger partial charge in [0.2, 0.25) is 5.92 Å². The average molecular weight is 277 g/mol. The molecular formula is C10H11BrF2N2. The van der Waals surface area contributed by atoms with E-state index in [4.69, 9.17) is 0 Å². The first-order valence-corrected chi connectivity index (χ1v) is 5.59. The van der Waals surface area contributed by atoms with Gasteiger partial charge in [0.05, 0.1) is 0 Å². The van der Waals surface area contributed by atoms with Gasteiger partial charge in [0, 0.05) is 19.4 Å². The van der Waals surface area contributed by atoms with Crippen molar-refractivity contribution in [2.45, 2.75) is 18.8 Å². The standard InChI is InChI=1S/C10H11BrF2N2/c11-8-2-1-3-9(15-8)14-6-7-4-10(12,13)5-7/h1-3,7H,4-6H2,(H,14,15). The Bertz CT molecular complexity index is 349. The van der Waals surface area contributed by atoms with Gasteiger partial charge >= 0.3 is 0 Å². The lowest BCUT2D eigenvalue weighted by molar-refractivity contribution is -0.106. The summed E-state index contributed by atoms with van der Waals surface area (Å²) in [5, 5.41) is 3.05. The molecule has 82 valence electrons. The number of pyridine rings is 1. The number of alkyl halides is 2. The van der Waals surface area contributed by atoms with E-state index in [0.29, 0.717) is 6.54 Å². The van der Waals surface area contributed by atoms with Crippen molar-refractivity contribution in [2.24, 2.45) is 5.92 Å². The van der Waals surface area contributed by atoms with E-state index in [1.54, 1.807) is 0 Å². The number of hydrogen-bond donors (Lipinski definition) is 1. The van der Waals surface area contributed by atoms with E-state index in [2.05, 4.69) is 26.2 Å². The maximum atomic E-state index is 12.5. The topological polar surface area (TPSA) is 24.9 Å². The van der Waals surface area contributed by atoms with Gasteiger partial charge in [-0.05, 0) is 34.0 Å². The summed E-state index contributed by atoms with van der Waals surface area (Å²) in [6, 6.07) is 5.50. The van der Waals surface area contributed by atoms with E-state index in [1.807, 2.05) is 18.2 Å². The lowest BCUT2D eigenvalue weighted by atomic mass is 9.81. The van der Waals surface area contributed by atoms with E-state index in [1.165, 1.54) is 0 Å². The van der Waals surface area contributed by atoms with Crippen LogP contribution in [0.4, 0.5) is 14.6 Å². The molecule has 1 N–H and O–H groups in total. The first-order chi connectivity index (χ1) is 7.05. The molecule has 1 aromatic rings. The largest absolute Gasteiger partial charge is 0.370 e. The summed E-state index contributed by atoms with van der Waals surface area (Å²) >= 11 is 3.25. The number of halogens is 3. The Hall–Kier alpha value is -0.710. The molecule has 0 bridgehead atoms. The fraction of sp³-hybridized carbons (Fsp3) is 0.500. The summed E-state index contributed by atoms with van der Waals surface area (Å²) in [5.41, 5.74) is 0. The van der Waals surface area contributed by atoms with Gasteiger partial charge in [-0.2, -0.15) is 0 Å². The molecule has 0 radical (unpaired) electrons. The van der Waals surface area contributed by atoms with Gasteiger partial charge < -0.3 is 5.32 Å². The molecule has 1 aliphatic carbocycles. The Morgan fingerprint density at radius 2 is 2.20 bits per heavy atom. The Balaban J connectivity index is 1.80. The quantitative estimate of drug-likeness (QED) is 0.857. The number of anilines is 1. The third kappa shape index (κ3) is 2.87. The predicted molar refractivity (Wildman–Crippen MR) is 58.1 cm³/mol. The molecule has 2 rings (SSSR count). The van der Waals surface area contributed by atoms with Gasteiger partial charge in [0.25, 0.3) is 0 Å². The molecule has 0 saturated heterocycles. The smallest absolute Gasteiger partial charge is 0.248 e. The molecule has 1 aromatic heterocycles. The third-order valence-corrected chi connectivity index (χ3v) is 2.90. The van der Waals surface area contributed by atoms with Crippen LogP contribution in [0.5, 0.6) is 0 Å². The first kappa shape index (κ1) is 10.8. The summed E-state index contributed by atoms with van der Waals surface area (Å²) in [4.78, 5) is 4.16. The minimum Gasteiger partial charge on any atom is -0.370 e. The highest BCUT2D eigenvalue weighted by atomic mass is 79.9. The van der Waals surface area contributed by atoms with Crippen LogP contribution < -0.4 is 5.32 Å². The van der Waals surface area contributed by atoms with Gasteiger partial charge in [-0.25, -0.2) is 13.8 Å². The molecule has 0 unspecified atom stereocenters. The fourth-order valence-corrected chi connectivity index (χ4v) is 2.03. The van der Waals surface area contributed by atoms with Crippen molar-refractivity contribution in [3.8, 4) is 0 Å². The minimum absolute atomic E-state index is 0.00595. The maximum absolute atomic E-state index is 12.5. The highest BCUT2D eigenvalue weighted by Crippen LogP contribution is 2.42. The van der Waals surface area contributed by atoms with Crippen molar-refractivity contribution in [1.29, 1.82) is 0 Å². The summed E-state index contributed by atoms with van der Waals surface area (Å²) in [6.07, 6.45) is -0.0119. The third-order valence-electron chi connectivity index (χ3n) is 2.46. The number of nitrogens with zero attached hydrogens (tertiary/aromatic N) is 1. The molecule has 0 aliphatic heterocycles. The average Bonchev–Trinajstić information content (AvgIpc) is 2.11. The lowest BCUT2D eigenvalue weighted by Gasteiger charge is -2.34. The van der Waals surface area contributed by atoms with Crippen LogP contribution in [0, 0.1) is 5.92 Å². The van der Waals surface area contributed by atoms with Crippen LogP contribution in [-0.4, -0.2) is 17.5 Å². The molecule has 0 atom stereocenters. The van der Waals surface area contributed by atoms with E-state index in [-0.39, 0.29) is 18.8 Å². The lowest BCUT2D eigenvalue weighted by Crippen LogP contribution is -2.39. The van der Waals surface area contributed by atoms with Crippen LogP contribution in [0.3, 0.4) is 0 Å². The molecule has 1 aliphatic rings. The normalized spacial score (nSPS) is 19.7. The van der Waals surface area contributed by atoms with Crippen LogP contribution in [0.1, 0.15) is 12.8 Å². The second kappa shape index (κ2) is 4.04. The molecule has 0 aromatic carbocycles. The molecule has 0 amide bonds. The van der Waals surface area contributed by atoms with Crippen LogP contribution in [0.2, 0.25) is 0 Å². The highest BCUT2D eigenvalue weighted by Gasteiger charge is 2.44. The maximum Gasteiger partial charge on any atom is 0.248 e. The molecule has 15 heavy (non-hydrogen) atoms. The Labute approximate surface area is 95.2 Å². The van der Waals surface area contributed by atoms with Gasteiger partial charge in [0.1, 0.15) is 10.4 Å². The molecule has 1 heterocycles. The fourth-order valence-electron chi connectivity index (χ4n) is 1.68. The van der Waals surface area contributed by atoms with Crippen molar-refractivity contribution in [3.05, 3.63) is 22.8 Å². The van der Waals surface area contributed by atoms with E-state index in [0.717, 1.165) is 10.4 Å². The molecule has 1 fully saturated rings. The van der Waals surface area contributed by atoms with E-state index < -0.39 is 5.92 Å². The van der Waals surface area contributed by atoms with Gasteiger partial charge in [-0.3, -0.25) is 0 Å². The number of hydrogen-bond acceptors (Lipinski definition) is 2. The minimum atomic E-state index is -2.43. The Morgan fingerprint density at radius 3 is 2.80 bits per heavy atom. The number of nitrogens with one attached hydrogen (secondary N) is 1. The van der Waals surface area contributed by atoms with E-state index in [9.17, 15) is 8.78 Å². The van der Waals surface area contributed by atoms with Crippen molar-refractivity contribution in [3.63, 3.8) is 0 Å². The molecule has 0 spiro atoms. The van der Waals surface area contributed by atoms with Crippen molar-refractivity contribution in [1.82, 2.24) is 4.98 Å². The highest BCUT2D eigenvalue weighted by molar-refractivity contribution is 9.10. The van der Waals surface area contributed by atoms with Crippen LogP contribution >= 0.6 is 15.9 Å². The van der Waals surface area contributed by atoms with E-state index >= 15 is 0 Å². The summed E-state index contributed by atoms with van der Waals surface area (Å²) < 4.78 is 25.8. The van der Waals surface area contributed by atoms with Crippen LogP contribution in [0.15, 0.2) is 22.8 Å². The molecule has 1 saturated carbocycles. The second-order valence-corrected chi connectivity index (χ2v) is 4.67. The monoisotopic (exact) mass is 276 g/mol. The Morgan fingerprint density at radius 1 is 1.47 bits per heavy atom. The first-order valence-electron chi connectivity index (χ1n) is 4.79.